The van der Waals surface area contributed by atoms with Gasteiger partial charge in [-0.1, -0.05) is 88.8 Å². The predicted molar refractivity (Wildman–Crippen MR) is 605 cm³/mol. The Balaban J connectivity index is 0.000000112. The first-order valence-corrected chi connectivity index (χ1v) is 58.7. The van der Waals surface area contributed by atoms with Gasteiger partial charge in [-0.2, -0.15) is 0 Å². The molecule has 0 amide bonds. The zero-order valence-electron chi connectivity index (χ0n) is 75.2. The van der Waals surface area contributed by atoms with E-state index < -0.39 is 0 Å². The second kappa shape index (κ2) is 45.7. The van der Waals surface area contributed by atoms with Crippen LogP contribution in [0, 0.1) is 0 Å². The molecular formula is C110H82N14S16. The topological polar surface area (TPSA) is 180 Å². The van der Waals surface area contributed by atoms with Crippen LogP contribution in [-0.2, 0) is 12.8 Å². The second-order valence-electron chi connectivity index (χ2n) is 32.0. The molecule has 0 fully saturated rings. The van der Waals surface area contributed by atoms with Gasteiger partial charge in [-0.25, -0.2) is 39.9 Å². The first kappa shape index (κ1) is 94.2. The highest BCUT2D eigenvalue weighted by molar-refractivity contribution is 7.27. The minimum atomic E-state index is 0.897. The van der Waals surface area contributed by atoms with E-state index in [1.807, 2.05) is 119 Å². The Hall–Kier alpha value is -12.0. The van der Waals surface area contributed by atoms with Gasteiger partial charge in [0.2, 0.25) is 0 Å². The van der Waals surface area contributed by atoms with Crippen LogP contribution in [0.15, 0.2) is 337 Å². The number of rotatable bonds is 30. The van der Waals surface area contributed by atoms with Gasteiger partial charge < -0.3 is 0 Å². The fourth-order valence-electron chi connectivity index (χ4n) is 15.3. The minimum absolute atomic E-state index is 0.897. The summed E-state index contributed by atoms with van der Waals surface area (Å²) in [5.74, 6) is 0. The summed E-state index contributed by atoms with van der Waals surface area (Å²) < 4.78 is 0. The van der Waals surface area contributed by atoms with Crippen LogP contribution in [0.5, 0.6) is 0 Å². The van der Waals surface area contributed by atoms with Gasteiger partial charge in [0, 0.05) is 115 Å². The fraction of sp³-hybridized carbons (Fsp3) is 0.109. The normalized spacial score (nSPS) is 11.2. The van der Waals surface area contributed by atoms with Crippen LogP contribution < -0.4 is 0 Å². The standard InChI is InChI=1S/C36H38N4S4.C26H16N2S4.2C24H14N4S4/c1-3-5-7-9-11-25-13-15-31(41-25)27-21-29(39-23-37-27)33-17-19-35(43-33)36-20-18-34(44-36)30-22-28(38-24-40-30)32-16-14-26(42-32)12-10-8-6-4-2;1-3-21(29-9-1)17-11-19(15-27-13-17)23-5-7-25(31-23)26-8-6-24(32-26)20-12-18(14-28-16-20)22-4-2-10-30-22;1-3-19(29-13-1)15-5-7-17(27-25-15)21-9-11-23(31-21)24-12-10-22(32-24)18-8-6-16(26-28-18)20-4-2-14-30-20;1-3-19(29-9-1)15-11-17(27-13-25-15)21-5-7-23(31-21)24-8-6-22(32-24)18-12-16(26-14-28-18)20-4-2-10-30-20/h13-24H,3-12H2,1-2H3;1-16H;2*1-14H. The molecule has 0 aliphatic heterocycles. The molecule has 0 atom stereocenters. The van der Waals surface area contributed by atoms with Crippen LogP contribution in [0.2, 0.25) is 0 Å². The van der Waals surface area contributed by atoms with Crippen LogP contribution in [0.25, 0.3) is 208 Å². The van der Waals surface area contributed by atoms with Crippen LogP contribution in [0.3, 0.4) is 0 Å². The highest BCUT2D eigenvalue weighted by Crippen LogP contribution is 2.48. The lowest BCUT2D eigenvalue weighted by molar-refractivity contribution is 0.670. The number of pyridine rings is 2. The zero-order valence-corrected chi connectivity index (χ0v) is 88.3. The molecule has 0 aromatic carbocycles. The van der Waals surface area contributed by atoms with Crippen molar-refractivity contribution in [2.75, 3.05) is 0 Å². The van der Waals surface area contributed by atoms with E-state index >= 15 is 0 Å². The van der Waals surface area contributed by atoms with E-state index in [9.17, 15) is 0 Å². The highest BCUT2D eigenvalue weighted by Gasteiger charge is 2.21. The number of hydrogen-bond acceptors (Lipinski definition) is 30. The Morgan fingerprint density at radius 2 is 0.393 bits per heavy atom. The lowest BCUT2D eigenvalue weighted by Gasteiger charge is -2.01. The molecule has 0 bridgehead atoms. The number of thiophene rings is 16. The molecule has 24 aromatic heterocycles. The minimum Gasteiger partial charge on any atom is -0.263 e. The summed E-state index contributed by atoms with van der Waals surface area (Å²) in [6.07, 6.45) is 27.1. The quantitative estimate of drug-likeness (QED) is 0.0388. The number of aryl methyl sites for hydroxylation is 2. The average molecular weight is 2110 g/mol. The zero-order chi connectivity index (χ0) is 94.1. The summed E-state index contributed by atoms with van der Waals surface area (Å²) in [5.41, 5.74) is 16.1. The van der Waals surface area contributed by atoms with Crippen molar-refractivity contribution in [1.29, 1.82) is 0 Å². The molecule has 0 radical (unpaired) electrons. The third-order valence-electron chi connectivity index (χ3n) is 22.5. The molecule has 0 N–H and O–H groups in total. The van der Waals surface area contributed by atoms with Crippen molar-refractivity contribution in [3.63, 3.8) is 0 Å². The highest BCUT2D eigenvalue weighted by atomic mass is 32.2. The first-order valence-electron chi connectivity index (χ1n) is 45.3. The summed E-state index contributed by atoms with van der Waals surface area (Å²) in [7, 11) is 0. The fourth-order valence-corrected chi connectivity index (χ4v) is 29.7. The average Bonchev–Trinajstić information content (AvgIpc) is 1.66. The summed E-state index contributed by atoms with van der Waals surface area (Å²) in [6.45, 7) is 4.52. The Morgan fingerprint density at radius 1 is 0.179 bits per heavy atom. The molecule has 14 nitrogen and oxygen atoms in total. The van der Waals surface area contributed by atoms with Gasteiger partial charge in [-0.3, -0.25) is 9.97 Å². The molecule has 24 rings (SSSR count). The van der Waals surface area contributed by atoms with Gasteiger partial charge in [-0.05, 0) is 276 Å². The van der Waals surface area contributed by atoms with Crippen molar-refractivity contribution in [3.05, 3.63) is 347 Å². The molecule has 30 heteroatoms. The lowest BCUT2D eigenvalue weighted by Crippen LogP contribution is -1.87. The summed E-state index contributed by atoms with van der Waals surface area (Å²) in [5, 5.41) is 30.1. The molecule has 0 unspecified atom stereocenters. The third kappa shape index (κ3) is 23.1. The molecule has 24 aromatic rings. The maximum Gasteiger partial charge on any atom is 0.116 e. The maximum atomic E-state index is 4.63. The van der Waals surface area contributed by atoms with Crippen molar-refractivity contribution in [2.45, 2.75) is 78.1 Å². The second-order valence-corrected chi connectivity index (χ2v) is 48.7. The van der Waals surface area contributed by atoms with Gasteiger partial charge in [0.1, 0.15) is 48.1 Å². The van der Waals surface area contributed by atoms with Gasteiger partial charge in [-0.15, -0.1) is 202 Å². The van der Waals surface area contributed by atoms with E-state index in [2.05, 4.69) is 323 Å². The van der Waals surface area contributed by atoms with Crippen LogP contribution in [-0.4, -0.2) is 70.2 Å². The number of unbranched alkanes of at least 4 members (excludes halogenated alkanes) is 6. The monoisotopic (exact) mass is 2110 g/mol. The summed E-state index contributed by atoms with van der Waals surface area (Å²) >= 11 is 28.1. The van der Waals surface area contributed by atoms with E-state index in [1.54, 1.807) is 161 Å². The van der Waals surface area contributed by atoms with Crippen molar-refractivity contribution in [3.8, 4) is 208 Å². The third-order valence-corrected chi connectivity index (χ3v) is 39.9. The van der Waals surface area contributed by atoms with Crippen LogP contribution in [0.1, 0.15) is 75.0 Å². The van der Waals surface area contributed by atoms with Crippen molar-refractivity contribution in [2.24, 2.45) is 0 Å². The van der Waals surface area contributed by atoms with Gasteiger partial charge in [0.05, 0.1) is 104 Å². The SMILES string of the molecule is CCCCCCc1ccc(-c2cc(-c3ccc(-c4ccc(-c5cc(-c6ccc(CCCCCC)s6)ncn5)s4)s3)ncn2)s1.c1csc(-c2cc(-c3ccc(-c4ccc(-c5cc(-c6cccs6)ncn5)s4)s3)ncn2)c1.c1csc(-c2ccc(-c3ccc(-c4ccc(-c5ccc(-c6cccs6)nn5)s4)s3)nn2)c1.c1csc(-c2cncc(-c3ccc(-c4ccc(-c5cncc(-c6cccs6)c5)s4)s3)c2)c1. The molecule has 0 saturated carbocycles. The molecule has 24 heterocycles. The Bertz CT molecular complexity index is 7360. The summed E-state index contributed by atoms with van der Waals surface area (Å²) in [6, 6.07) is 89.6. The molecule has 0 spiro atoms. The van der Waals surface area contributed by atoms with E-state index in [-0.39, 0.29) is 0 Å². The first-order chi connectivity index (χ1) is 69.2. The summed E-state index contributed by atoms with van der Waals surface area (Å²) in [4.78, 5) is 76.9. The van der Waals surface area contributed by atoms with E-state index in [0.29, 0.717) is 0 Å². The Kier molecular flexibility index (Phi) is 30.8. The lowest BCUT2D eigenvalue weighted by atomic mass is 10.1. The predicted octanol–water partition coefficient (Wildman–Crippen LogP) is 36.8. The largest absolute Gasteiger partial charge is 0.263 e. The van der Waals surface area contributed by atoms with Crippen LogP contribution >= 0.6 is 181 Å². The Morgan fingerprint density at radius 3 is 0.657 bits per heavy atom. The van der Waals surface area contributed by atoms with Gasteiger partial charge in [0.25, 0.3) is 0 Å². The number of hydrogen-bond donors (Lipinski definition) is 0. The van der Waals surface area contributed by atoms with Crippen molar-refractivity contribution in [1.82, 2.24) is 70.2 Å². The van der Waals surface area contributed by atoms with E-state index in [0.717, 1.165) is 141 Å². The van der Waals surface area contributed by atoms with Crippen LogP contribution in [0.4, 0.5) is 0 Å². The van der Waals surface area contributed by atoms with Gasteiger partial charge in [0.15, 0.2) is 0 Å². The molecule has 0 aliphatic carbocycles. The van der Waals surface area contributed by atoms with Gasteiger partial charge >= 0.3 is 0 Å². The molecule has 0 aliphatic rings. The van der Waals surface area contributed by atoms with Crippen molar-refractivity contribution >= 4 is 181 Å². The van der Waals surface area contributed by atoms with Crippen molar-refractivity contribution < 1.29 is 0 Å². The Labute approximate surface area is 874 Å². The molecule has 688 valence electrons. The molecule has 0 saturated heterocycles. The van der Waals surface area contributed by atoms with E-state index in [4.69, 9.17) is 0 Å². The molecule has 140 heavy (non-hydrogen) atoms. The smallest absolute Gasteiger partial charge is 0.116 e. The maximum absolute atomic E-state index is 4.63. The number of aromatic nitrogens is 14. The van der Waals surface area contributed by atoms with E-state index in [1.165, 1.54) is 141 Å². The number of nitrogens with zero attached hydrogens (tertiary/aromatic N) is 14. The molecular weight excluding hydrogens is 2030 g/mol.